The van der Waals surface area contributed by atoms with Gasteiger partial charge in [-0.1, -0.05) is 0 Å². The van der Waals surface area contributed by atoms with Crippen molar-refractivity contribution in [1.82, 2.24) is 10.3 Å². The minimum absolute atomic E-state index is 0.0321. The van der Waals surface area contributed by atoms with Crippen LogP contribution in [0.15, 0.2) is 9.98 Å². The lowest BCUT2D eigenvalue weighted by molar-refractivity contribution is -0.174. The second-order valence-electron chi connectivity index (χ2n) is 7.32. The summed E-state index contributed by atoms with van der Waals surface area (Å²) in [7, 11) is 0. The van der Waals surface area contributed by atoms with E-state index in [1.54, 1.807) is 11.3 Å². The molecule has 2 aliphatic rings. The number of ether oxygens (including phenoxy) is 2. The van der Waals surface area contributed by atoms with Crippen molar-refractivity contribution in [3.05, 3.63) is 15.0 Å². The molecule has 1 N–H and O–H groups in total. The first kappa shape index (κ1) is 17.3. The Morgan fingerprint density at radius 3 is 3.00 bits per heavy atom. The van der Waals surface area contributed by atoms with Gasteiger partial charge in [0.15, 0.2) is 0 Å². The molecule has 3 unspecified atom stereocenters. The topological polar surface area (TPSA) is 60.5 Å². The highest BCUT2D eigenvalue weighted by Gasteiger charge is 2.51. The van der Waals surface area contributed by atoms with E-state index in [1.807, 2.05) is 26.2 Å². The first-order chi connectivity index (χ1) is 10.8. The van der Waals surface area contributed by atoms with Crippen molar-refractivity contribution in [2.75, 3.05) is 13.2 Å². The number of nitrogens with zero attached hydrogens (tertiary/aromatic N) is 1. The zero-order valence-electron chi connectivity index (χ0n) is 13.7. The molecule has 1 aromatic rings. The Labute approximate surface area is 149 Å². The molecule has 1 aromatic heterocycles. The fraction of sp³-hybridized carbons (Fsp3) is 0.750. The molecule has 3 rings (SSSR count). The second-order valence-corrected chi connectivity index (χ2v) is 8.99. The van der Waals surface area contributed by atoms with Crippen molar-refractivity contribution >= 4 is 33.2 Å². The second kappa shape index (κ2) is 6.43. The van der Waals surface area contributed by atoms with Gasteiger partial charge >= 0.3 is 5.97 Å². The summed E-state index contributed by atoms with van der Waals surface area (Å²) in [6, 6.07) is 0.571. The predicted octanol–water partition coefficient (Wildman–Crippen LogP) is 3.23. The molecule has 0 radical (unpaired) electrons. The van der Waals surface area contributed by atoms with Crippen molar-refractivity contribution in [2.24, 2.45) is 5.92 Å². The fourth-order valence-corrected chi connectivity index (χ4v) is 5.04. The van der Waals surface area contributed by atoms with E-state index in [-0.39, 0.29) is 12.6 Å². The zero-order valence-corrected chi connectivity index (χ0v) is 16.1. The number of fused-ring (bicyclic) bond motifs is 2. The molecule has 5 nitrogen and oxygen atoms in total. The molecule has 3 atom stereocenters. The van der Waals surface area contributed by atoms with Gasteiger partial charge in [0.05, 0.1) is 0 Å². The molecule has 2 fully saturated rings. The minimum Gasteiger partial charge on any atom is -0.458 e. The number of hydrogen-bond donors (Lipinski definition) is 1. The lowest BCUT2D eigenvalue weighted by Gasteiger charge is -2.40. The summed E-state index contributed by atoms with van der Waals surface area (Å²) in [4.78, 5) is 16.7. The van der Waals surface area contributed by atoms with Crippen LogP contribution in [0.1, 0.15) is 45.0 Å². The highest BCUT2D eigenvalue weighted by atomic mass is 79.9. The summed E-state index contributed by atoms with van der Waals surface area (Å²) in [5.74, 6) is 0.0299. The lowest BCUT2D eigenvalue weighted by Crippen LogP contribution is -2.43. The molecule has 1 saturated carbocycles. The van der Waals surface area contributed by atoms with Crippen molar-refractivity contribution in [1.29, 1.82) is 0 Å². The van der Waals surface area contributed by atoms with Crippen LogP contribution in [0, 0.1) is 5.92 Å². The van der Waals surface area contributed by atoms with E-state index >= 15 is 0 Å². The molecule has 0 aromatic carbocycles. The monoisotopic (exact) mass is 402 g/mol. The van der Waals surface area contributed by atoms with Gasteiger partial charge < -0.3 is 14.8 Å². The Morgan fingerprint density at radius 1 is 1.57 bits per heavy atom. The number of nitrogens with one attached hydrogen (secondary N) is 1. The Bertz CT molecular complexity index is 586. The van der Waals surface area contributed by atoms with E-state index in [4.69, 9.17) is 9.47 Å². The number of rotatable bonds is 4. The average Bonchev–Trinajstić information content (AvgIpc) is 3.05. The molecular formula is C16H23BrN2O3S. The molecule has 23 heavy (non-hydrogen) atoms. The normalized spacial score (nSPS) is 30.4. The predicted molar refractivity (Wildman–Crippen MR) is 92.4 cm³/mol. The highest BCUT2D eigenvalue weighted by molar-refractivity contribution is 9.10. The van der Waals surface area contributed by atoms with Crippen LogP contribution >= 0.6 is 27.3 Å². The van der Waals surface area contributed by atoms with E-state index in [1.165, 1.54) is 0 Å². The molecule has 1 saturated heterocycles. The van der Waals surface area contributed by atoms with E-state index in [9.17, 15) is 4.79 Å². The maximum atomic E-state index is 12.1. The van der Waals surface area contributed by atoms with Crippen LogP contribution < -0.4 is 5.32 Å². The number of esters is 1. The van der Waals surface area contributed by atoms with E-state index < -0.39 is 11.2 Å². The number of halogens is 1. The maximum Gasteiger partial charge on any atom is 0.332 e. The van der Waals surface area contributed by atoms with Crippen LogP contribution in [0.25, 0.3) is 0 Å². The average molecular weight is 403 g/mol. The molecule has 7 heteroatoms. The van der Waals surface area contributed by atoms with Crippen molar-refractivity contribution in [2.45, 2.75) is 57.3 Å². The van der Waals surface area contributed by atoms with E-state index in [2.05, 4.69) is 26.2 Å². The molecule has 128 valence electrons. The van der Waals surface area contributed by atoms with Crippen LogP contribution in [0.4, 0.5) is 0 Å². The number of carbonyl (C=O) groups excluding carboxylic acids is 1. The largest absolute Gasteiger partial charge is 0.458 e. The highest BCUT2D eigenvalue weighted by Crippen LogP contribution is 2.48. The van der Waals surface area contributed by atoms with Crippen LogP contribution in [0.5, 0.6) is 0 Å². The van der Waals surface area contributed by atoms with E-state index in [0.717, 1.165) is 35.4 Å². The van der Waals surface area contributed by atoms with Gasteiger partial charge in [-0.15, -0.1) is 11.3 Å². The van der Waals surface area contributed by atoms with Gasteiger partial charge in [0.2, 0.25) is 0 Å². The third kappa shape index (κ3) is 3.78. The number of aromatic nitrogens is 1. The third-order valence-corrected chi connectivity index (χ3v) is 6.16. The molecule has 0 spiro atoms. The molecule has 0 amide bonds. The van der Waals surface area contributed by atoms with Crippen molar-refractivity contribution in [3.63, 3.8) is 0 Å². The molecule has 2 heterocycles. The van der Waals surface area contributed by atoms with Crippen LogP contribution in [0.3, 0.4) is 0 Å². The first-order valence-electron chi connectivity index (χ1n) is 7.99. The van der Waals surface area contributed by atoms with Crippen molar-refractivity contribution in [3.8, 4) is 0 Å². The summed E-state index contributed by atoms with van der Waals surface area (Å²) >= 11 is 5.03. The fourth-order valence-electron chi connectivity index (χ4n) is 3.53. The van der Waals surface area contributed by atoms with Gasteiger partial charge in [0.25, 0.3) is 0 Å². The van der Waals surface area contributed by atoms with Gasteiger partial charge in [0, 0.05) is 23.9 Å². The molecule has 1 aliphatic carbocycles. The Balaban J connectivity index is 1.78. The Hall–Kier alpha value is -0.500. The minimum atomic E-state index is -0.496. The molecule has 1 aliphatic heterocycles. The van der Waals surface area contributed by atoms with Gasteiger partial charge in [-0.3, -0.25) is 0 Å². The summed E-state index contributed by atoms with van der Waals surface area (Å²) in [6.07, 6.45) is 3.01. The summed E-state index contributed by atoms with van der Waals surface area (Å²) in [5, 5.41) is 6.48. The van der Waals surface area contributed by atoms with Crippen LogP contribution in [-0.2, 0) is 19.9 Å². The van der Waals surface area contributed by atoms with Gasteiger partial charge in [-0.25, -0.2) is 9.78 Å². The first-order valence-corrected chi connectivity index (χ1v) is 9.66. The molecular weight excluding hydrogens is 380 g/mol. The van der Waals surface area contributed by atoms with Gasteiger partial charge in [-0.05, 0) is 56.0 Å². The smallest absolute Gasteiger partial charge is 0.332 e. The van der Waals surface area contributed by atoms with E-state index in [0.29, 0.717) is 12.0 Å². The molecule has 2 bridgehead atoms. The standard InChI is InChI=1S/C16H23BrN2O3S/c1-15(2,3)22-13(20)8-21-16(14-19-12(17)9-23-14)5-4-11-6-10(16)7-18-11/h9-11,18H,4-8H2,1-3H3. The van der Waals surface area contributed by atoms with Gasteiger partial charge in [-0.2, -0.15) is 0 Å². The SMILES string of the molecule is CC(C)(C)OC(=O)COC1(c2nc(Br)cs2)CCC2CC1CN2. The Kier molecular flexibility index (Phi) is 4.84. The maximum absolute atomic E-state index is 12.1. The van der Waals surface area contributed by atoms with Gasteiger partial charge in [0.1, 0.15) is 27.4 Å². The number of thiazole rings is 1. The lowest BCUT2D eigenvalue weighted by atomic mass is 9.76. The Morgan fingerprint density at radius 2 is 2.35 bits per heavy atom. The quantitative estimate of drug-likeness (QED) is 0.783. The third-order valence-electron chi connectivity index (χ3n) is 4.45. The number of carbonyl (C=O) groups is 1. The van der Waals surface area contributed by atoms with Crippen LogP contribution in [0.2, 0.25) is 0 Å². The summed E-state index contributed by atoms with van der Waals surface area (Å²) in [6.45, 7) is 6.48. The zero-order chi connectivity index (χ0) is 16.7. The summed E-state index contributed by atoms with van der Waals surface area (Å²) in [5.41, 5.74) is -0.974. The number of hydrogen-bond acceptors (Lipinski definition) is 6. The summed E-state index contributed by atoms with van der Waals surface area (Å²) < 4.78 is 12.4. The van der Waals surface area contributed by atoms with Crippen molar-refractivity contribution < 1.29 is 14.3 Å². The van der Waals surface area contributed by atoms with Crippen LogP contribution in [-0.4, -0.2) is 35.7 Å².